The van der Waals surface area contributed by atoms with Crippen LogP contribution >= 0.6 is 11.8 Å². The third kappa shape index (κ3) is 7.08. The lowest BCUT2D eigenvalue weighted by Gasteiger charge is -2.28. The number of hydrogen-bond donors (Lipinski definition) is 1. The Hall–Kier alpha value is -5.47. The highest BCUT2D eigenvalue weighted by molar-refractivity contribution is 8.14. The van der Waals surface area contributed by atoms with Crippen molar-refractivity contribution < 1.29 is 14.4 Å². The Balaban J connectivity index is 1.45. The number of hydrogen-bond acceptors (Lipinski definition) is 4. The highest BCUT2D eigenvalue weighted by atomic mass is 32.2. The van der Waals surface area contributed by atoms with Gasteiger partial charge in [-0.1, -0.05) is 122 Å². The monoisotopic (exact) mass is 626 g/mol. The second-order valence-electron chi connectivity index (χ2n) is 10.4. The van der Waals surface area contributed by atoms with Gasteiger partial charge in [0, 0.05) is 34.9 Å². The normalized spacial score (nSPS) is 14.7. The zero-order valence-electron chi connectivity index (χ0n) is 25.5. The van der Waals surface area contributed by atoms with Gasteiger partial charge in [-0.2, -0.15) is 4.99 Å². The Kier molecular flexibility index (Phi) is 10.4. The van der Waals surface area contributed by atoms with Gasteiger partial charge in [0.15, 0.2) is 5.17 Å². The maximum atomic E-state index is 14.1. The molecule has 0 fully saturated rings. The van der Waals surface area contributed by atoms with E-state index in [4.69, 9.17) is 0 Å². The number of amides is 3. The standard InChI is InChI=1S/C38H34N4O3S/c1-4-7-20-30(6-3)42-37(45)32(24-29-25-41(23-5-2)33-22-15-14-21-31(29)33)36(44)40-38(42)46-26-34(43)39-35(27-16-10-8-11-17-27)28-18-12-9-13-19-28/h4-22,24-25,35H,1-2,23,26H2,3H3,(H,39,43)/b20-7-,30-6+,32-24+. The number of nitrogens with one attached hydrogen (secondary N) is 1. The first-order valence-corrected chi connectivity index (χ1v) is 15.8. The van der Waals surface area contributed by atoms with Crippen molar-refractivity contribution in [1.29, 1.82) is 0 Å². The molecule has 1 aliphatic rings. The van der Waals surface area contributed by atoms with Crippen molar-refractivity contribution in [2.24, 2.45) is 4.99 Å². The summed E-state index contributed by atoms with van der Waals surface area (Å²) in [6.45, 7) is 9.94. The summed E-state index contributed by atoms with van der Waals surface area (Å²) in [5, 5.41) is 4.13. The summed E-state index contributed by atoms with van der Waals surface area (Å²) >= 11 is 1.03. The molecule has 0 radical (unpaired) electrons. The number of thioether (sulfide) groups is 1. The van der Waals surface area contributed by atoms with Crippen molar-refractivity contribution in [3.8, 4) is 0 Å². The molecule has 46 heavy (non-hydrogen) atoms. The number of rotatable bonds is 11. The molecule has 3 amide bonds. The molecule has 1 aliphatic heterocycles. The minimum absolute atomic E-state index is 0.0671. The lowest BCUT2D eigenvalue weighted by molar-refractivity contribution is -0.126. The number of nitrogens with zero attached hydrogens (tertiary/aromatic N) is 3. The fourth-order valence-corrected chi connectivity index (χ4v) is 6.04. The number of aliphatic imine (C=N–C) groups is 1. The summed E-state index contributed by atoms with van der Waals surface area (Å²) in [7, 11) is 0. The fourth-order valence-electron chi connectivity index (χ4n) is 5.23. The van der Waals surface area contributed by atoms with E-state index in [1.807, 2.05) is 95.7 Å². The molecule has 0 spiro atoms. The van der Waals surface area contributed by atoms with Gasteiger partial charge in [0.2, 0.25) is 5.91 Å². The largest absolute Gasteiger partial charge is 0.344 e. The van der Waals surface area contributed by atoms with Gasteiger partial charge in [-0.25, -0.2) is 0 Å². The van der Waals surface area contributed by atoms with E-state index in [9.17, 15) is 14.4 Å². The third-order valence-corrected chi connectivity index (χ3v) is 8.30. The van der Waals surface area contributed by atoms with Crippen LogP contribution in [-0.2, 0) is 20.9 Å². The van der Waals surface area contributed by atoms with Crippen LogP contribution in [0.1, 0.15) is 29.7 Å². The van der Waals surface area contributed by atoms with Crippen molar-refractivity contribution in [2.45, 2.75) is 19.5 Å². The molecule has 0 saturated carbocycles. The van der Waals surface area contributed by atoms with E-state index >= 15 is 0 Å². The maximum Gasteiger partial charge on any atom is 0.285 e. The summed E-state index contributed by atoms with van der Waals surface area (Å²) < 4.78 is 2.01. The predicted octanol–water partition coefficient (Wildman–Crippen LogP) is 7.22. The molecule has 5 rings (SSSR count). The van der Waals surface area contributed by atoms with Crippen LogP contribution in [0, 0.1) is 0 Å². The quantitative estimate of drug-likeness (QED) is 0.0825. The van der Waals surface area contributed by atoms with Crippen LogP contribution in [0.3, 0.4) is 0 Å². The summed E-state index contributed by atoms with van der Waals surface area (Å²) in [6, 6.07) is 26.8. The van der Waals surface area contributed by atoms with Gasteiger partial charge >= 0.3 is 0 Å². The van der Waals surface area contributed by atoms with Crippen molar-refractivity contribution in [3.63, 3.8) is 0 Å². The minimum Gasteiger partial charge on any atom is -0.344 e. The van der Waals surface area contributed by atoms with Gasteiger partial charge in [0.05, 0.1) is 11.8 Å². The molecular formula is C38H34N4O3S. The van der Waals surface area contributed by atoms with Crippen LogP contribution in [0.15, 0.2) is 151 Å². The Morgan fingerprint density at radius 2 is 1.61 bits per heavy atom. The molecule has 0 bridgehead atoms. The van der Waals surface area contributed by atoms with Gasteiger partial charge in [0.1, 0.15) is 5.57 Å². The molecule has 1 N–H and O–H groups in total. The topological polar surface area (TPSA) is 83.8 Å². The van der Waals surface area contributed by atoms with Crippen molar-refractivity contribution >= 4 is 51.6 Å². The molecule has 0 atom stereocenters. The molecule has 3 aromatic carbocycles. The molecule has 2 heterocycles. The van der Waals surface area contributed by atoms with E-state index in [0.29, 0.717) is 12.2 Å². The van der Waals surface area contributed by atoms with Gasteiger partial charge in [-0.15, -0.1) is 6.58 Å². The Morgan fingerprint density at radius 3 is 2.24 bits per heavy atom. The Labute approximate surface area is 273 Å². The third-order valence-electron chi connectivity index (χ3n) is 7.36. The van der Waals surface area contributed by atoms with Gasteiger partial charge in [-0.05, 0) is 36.3 Å². The van der Waals surface area contributed by atoms with E-state index in [1.165, 1.54) is 4.90 Å². The second kappa shape index (κ2) is 15.0. The smallest absolute Gasteiger partial charge is 0.285 e. The molecule has 0 unspecified atom stereocenters. The van der Waals surface area contributed by atoms with Crippen LogP contribution in [0.4, 0.5) is 0 Å². The molecule has 4 aromatic rings. The molecule has 1 aromatic heterocycles. The van der Waals surface area contributed by atoms with Gasteiger partial charge in [0.25, 0.3) is 11.8 Å². The second-order valence-corrected chi connectivity index (χ2v) is 11.3. The number of carbonyl (C=O) groups is 3. The molecular weight excluding hydrogens is 593 g/mol. The predicted molar refractivity (Wildman–Crippen MR) is 188 cm³/mol. The molecule has 8 heteroatoms. The van der Waals surface area contributed by atoms with E-state index in [0.717, 1.165) is 39.4 Å². The van der Waals surface area contributed by atoms with Crippen LogP contribution in [-0.4, -0.2) is 38.1 Å². The molecule has 0 saturated heterocycles. The first-order chi connectivity index (χ1) is 22.4. The SMILES string of the molecule is C=C/C=C\C(=C/C)N1C(=O)/C(=C/c2cn(CC=C)c3ccccc23)C(=O)N=C1SCC(=O)NC(c1ccccc1)c1ccccc1. The van der Waals surface area contributed by atoms with Crippen LogP contribution in [0.2, 0.25) is 0 Å². The number of fused-ring (bicyclic) bond motifs is 1. The highest BCUT2D eigenvalue weighted by Gasteiger charge is 2.35. The summed E-state index contributed by atoms with van der Waals surface area (Å²) in [5.74, 6) is -1.54. The Bertz CT molecular complexity index is 1860. The van der Waals surface area contributed by atoms with E-state index in [2.05, 4.69) is 23.5 Å². The van der Waals surface area contributed by atoms with Gasteiger partial charge in [-0.3, -0.25) is 19.3 Å². The number of carbonyl (C=O) groups excluding carboxylic acids is 3. The fraction of sp³-hybridized carbons (Fsp3) is 0.105. The van der Waals surface area contributed by atoms with Crippen molar-refractivity contribution in [3.05, 3.63) is 163 Å². The molecule has 7 nitrogen and oxygen atoms in total. The van der Waals surface area contributed by atoms with Crippen LogP contribution < -0.4 is 5.32 Å². The first-order valence-electron chi connectivity index (χ1n) is 14.8. The number of benzene rings is 3. The van der Waals surface area contributed by atoms with Crippen molar-refractivity contribution in [2.75, 3.05) is 5.75 Å². The molecule has 0 aliphatic carbocycles. The van der Waals surface area contributed by atoms with Crippen LogP contribution in [0.25, 0.3) is 17.0 Å². The average Bonchev–Trinajstić information content (AvgIpc) is 3.43. The van der Waals surface area contributed by atoms with Crippen molar-refractivity contribution in [1.82, 2.24) is 14.8 Å². The van der Waals surface area contributed by atoms with E-state index < -0.39 is 11.8 Å². The lowest BCUT2D eigenvalue weighted by atomic mass is 9.99. The summed E-state index contributed by atoms with van der Waals surface area (Å²) in [5.41, 5.74) is 3.97. The zero-order valence-corrected chi connectivity index (χ0v) is 26.3. The van der Waals surface area contributed by atoms with E-state index in [-0.39, 0.29) is 28.4 Å². The van der Waals surface area contributed by atoms with Crippen LogP contribution in [0.5, 0.6) is 0 Å². The summed E-state index contributed by atoms with van der Waals surface area (Å²) in [6.07, 6.45) is 12.0. The Morgan fingerprint density at radius 1 is 0.957 bits per heavy atom. The summed E-state index contributed by atoms with van der Waals surface area (Å²) in [4.78, 5) is 46.6. The molecule has 230 valence electrons. The first kappa shape index (κ1) is 31.9. The highest BCUT2D eigenvalue weighted by Crippen LogP contribution is 2.29. The maximum absolute atomic E-state index is 14.1. The van der Waals surface area contributed by atoms with Gasteiger partial charge < -0.3 is 9.88 Å². The minimum atomic E-state index is -0.667. The van der Waals surface area contributed by atoms with E-state index in [1.54, 1.807) is 43.4 Å². The number of aromatic nitrogens is 1. The average molecular weight is 627 g/mol. The number of para-hydroxylation sites is 1. The zero-order chi connectivity index (χ0) is 32.5. The lowest BCUT2D eigenvalue weighted by Crippen LogP contribution is -2.42. The number of amidine groups is 1. The number of allylic oxidation sites excluding steroid dienone is 5.